The number of nitrogens with zero attached hydrogens (tertiary/aromatic N) is 3. The van der Waals surface area contributed by atoms with Crippen LogP contribution in [0.1, 0.15) is 51.1 Å². The van der Waals surface area contributed by atoms with E-state index in [9.17, 15) is 23.1 Å². The molecule has 1 aliphatic carbocycles. The molecule has 2 aromatic heterocycles. The molecule has 136 valence electrons. The second-order valence-electron chi connectivity index (χ2n) is 6.96. The Morgan fingerprint density at radius 1 is 1.40 bits per heavy atom. The average molecular weight is 356 g/mol. The van der Waals surface area contributed by atoms with E-state index in [1.165, 1.54) is 13.8 Å². The molecule has 6 nitrogen and oxygen atoms in total. The molecule has 0 atom stereocenters. The second-order valence-corrected chi connectivity index (χ2v) is 6.96. The van der Waals surface area contributed by atoms with E-state index in [1.807, 2.05) is 0 Å². The van der Waals surface area contributed by atoms with Gasteiger partial charge in [-0.15, -0.1) is 0 Å². The first-order chi connectivity index (χ1) is 11.6. The summed E-state index contributed by atoms with van der Waals surface area (Å²) in [4.78, 5) is 20.2. The van der Waals surface area contributed by atoms with Gasteiger partial charge < -0.3 is 5.11 Å². The highest BCUT2D eigenvalue weighted by Gasteiger charge is 2.36. The van der Waals surface area contributed by atoms with Crippen molar-refractivity contribution in [1.82, 2.24) is 14.5 Å². The molecule has 2 N–H and O–H groups in total. The molecule has 0 spiro atoms. The molecule has 0 bridgehead atoms. The first-order valence-electron chi connectivity index (χ1n) is 8.02. The van der Waals surface area contributed by atoms with Gasteiger partial charge in [0.05, 0.1) is 17.6 Å². The zero-order chi connectivity index (χ0) is 18.4. The standard InChI is InChI=1S/C16H19F3N4O2/c1-15(2,25)8-11(24)21-14-22-12-10(16(17,18)19)6-7-20-13(12)23(14)9-4-3-5-9/h6-7,9,25H,3-5,8H2,1-2H3,(H,21,22,24). The number of alkyl halides is 3. The minimum atomic E-state index is -4.56. The lowest BCUT2D eigenvalue weighted by molar-refractivity contribution is -0.136. The molecule has 0 radical (unpaired) electrons. The Bertz CT molecular complexity index is 804. The number of aliphatic hydroxyl groups is 1. The Hall–Kier alpha value is -2.16. The number of imidazole rings is 1. The molecule has 9 heteroatoms. The molecular formula is C16H19F3N4O2. The van der Waals surface area contributed by atoms with Crippen molar-refractivity contribution < 1.29 is 23.1 Å². The molecule has 0 saturated heterocycles. The lowest BCUT2D eigenvalue weighted by Gasteiger charge is -2.28. The van der Waals surface area contributed by atoms with Gasteiger partial charge >= 0.3 is 6.18 Å². The molecular weight excluding hydrogens is 337 g/mol. The SMILES string of the molecule is CC(C)(O)CC(=O)Nc1nc2c(C(F)(F)F)ccnc2n1C1CCC1. The highest BCUT2D eigenvalue weighted by Crippen LogP contribution is 2.40. The number of anilines is 1. The molecule has 0 unspecified atom stereocenters. The van der Waals surface area contributed by atoms with Gasteiger partial charge in [0.1, 0.15) is 5.52 Å². The number of halogens is 3. The Morgan fingerprint density at radius 3 is 2.60 bits per heavy atom. The monoisotopic (exact) mass is 356 g/mol. The van der Waals surface area contributed by atoms with Crippen LogP contribution in [0.4, 0.5) is 19.1 Å². The summed E-state index contributed by atoms with van der Waals surface area (Å²) in [6.45, 7) is 2.95. The van der Waals surface area contributed by atoms with Crippen molar-refractivity contribution in [3.05, 3.63) is 17.8 Å². The summed E-state index contributed by atoms with van der Waals surface area (Å²) in [5.74, 6) is -0.477. The minimum absolute atomic E-state index is 0.0400. The Morgan fingerprint density at radius 2 is 2.08 bits per heavy atom. The van der Waals surface area contributed by atoms with Gasteiger partial charge in [-0.05, 0) is 39.2 Å². The third-order valence-corrected chi connectivity index (χ3v) is 4.17. The molecule has 2 heterocycles. The van der Waals surface area contributed by atoms with Crippen LogP contribution in [0.5, 0.6) is 0 Å². The predicted octanol–water partition coefficient (Wildman–Crippen LogP) is 3.27. The Labute approximate surface area is 142 Å². The number of fused-ring (bicyclic) bond motifs is 1. The van der Waals surface area contributed by atoms with Crippen LogP contribution in [0.2, 0.25) is 0 Å². The van der Waals surface area contributed by atoms with Crippen LogP contribution in [-0.2, 0) is 11.0 Å². The van der Waals surface area contributed by atoms with E-state index in [1.54, 1.807) is 4.57 Å². The molecule has 25 heavy (non-hydrogen) atoms. The van der Waals surface area contributed by atoms with E-state index >= 15 is 0 Å². The highest BCUT2D eigenvalue weighted by molar-refractivity contribution is 5.92. The average Bonchev–Trinajstić information content (AvgIpc) is 2.71. The molecule has 3 rings (SSSR count). The number of pyridine rings is 1. The van der Waals surface area contributed by atoms with E-state index in [0.29, 0.717) is 0 Å². The van der Waals surface area contributed by atoms with Crippen molar-refractivity contribution in [3.8, 4) is 0 Å². The summed E-state index contributed by atoms with van der Waals surface area (Å²) in [5.41, 5.74) is -2.28. The van der Waals surface area contributed by atoms with E-state index in [0.717, 1.165) is 31.5 Å². The summed E-state index contributed by atoms with van der Waals surface area (Å²) < 4.78 is 41.3. The van der Waals surface area contributed by atoms with E-state index in [4.69, 9.17) is 0 Å². The highest BCUT2D eigenvalue weighted by atomic mass is 19.4. The quantitative estimate of drug-likeness (QED) is 0.881. The maximum absolute atomic E-state index is 13.2. The van der Waals surface area contributed by atoms with Crippen molar-refractivity contribution in [2.75, 3.05) is 5.32 Å². The summed E-state index contributed by atoms with van der Waals surface area (Å²) in [6, 6.07) is 0.835. The molecule has 1 saturated carbocycles. The zero-order valence-corrected chi connectivity index (χ0v) is 13.9. The molecule has 0 aliphatic heterocycles. The molecule has 1 aliphatic rings. The normalized spacial score (nSPS) is 16.1. The van der Waals surface area contributed by atoms with Crippen LogP contribution < -0.4 is 5.32 Å². The van der Waals surface area contributed by atoms with Gasteiger partial charge in [-0.3, -0.25) is 14.7 Å². The van der Waals surface area contributed by atoms with Gasteiger partial charge in [0, 0.05) is 12.2 Å². The van der Waals surface area contributed by atoms with E-state index in [2.05, 4.69) is 15.3 Å². The Kier molecular flexibility index (Phi) is 4.22. The number of amides is 1. The van der Waals surface area contributed by atoms with E-state index in [-0.39, 0.29) is 29.6 Å². The maximum atomic E-state index is 13.2. The predicted molar refractivity (Wildman–Crippen MR) is 85.0 cm³/mol. The topological polar surface area (TPSA) is 80.0 Å². The summed E-state index contributed by atoms with van der Waals surface area (Å²) in [5, 5.41) is 12.3. The van der Waals surface area contributed by atoms with Crippen LogP contribution in [0, 0.1) is 0 Å². The van der Waals surface area contributed by atoms with Gasteiger partial charge in [0.2, 0.25) is 11.9 Å². The lowest BCUT2D eigenvalue weighted by atomic mass is 9.93. The van der Waals surface area contributed by atoms with Crippen molar-refractivity contribution in [1.29, 1.82) is 0 Å². The van der Waals surface area contributed by atoms with Gasteiger partial charge in [-0.25, -0.2) is 9.97 Å². The third-order valence-electron chi connectivity index (χ3n) is 4.17. The van der Waals surface area contributed by atoms with Gasteiger partial charge in [-0.1, -0.05) is 0 Å². The van der Waals surface area contributed by atoms with Crippen molar-refractivity contribution in [2.24, 2.45) is 0 Å². The van der Waals surface area contributed by atoms with Crippen LogP contribution in [0.3, 0.4) is 0 Å². The molecule has 1 amide bonds. The van der Waals surface area contributed by atoms with Crippen molar-refractivity contribution >= 4 is 23.0 Å². The smallest absolute Gasteiger partial charge is 0.390 e. The van der Waals surface area contributed by atoms with E-state index < -0.39 is 23.2 Å². The lowest BCUT2D eigenvalue weighted by Crippen LogP contribution is -2.29. The fourth-order valence-corrected chi connectivity index (χ4v) is 2.86. The summed E-state index contributed by atoms with van der Waals surface area (Å²) in [7, 11) is 0. The van der Waals surface area contributed by atoms with Crippen molar-refractivity contribution in [2.45, 2.75) is 57.3 Å². The van der Waals surface area contributed by atoms with Crippen LogP contribution in [0.15, 0.2) is 12.3 Å². The first-order valence-corrected chi connectivity index (χ1v) is 8.02. The number of rotatable bonds is 4. The van der Waals surface area contributed by atoms with Crippen LogP contribution in [0.25, 0.3) is 11.2 Å². The van der Waals surface area contributed by atoms with Crippen LogP contribution in [-0.4, -0.2) is 31.1 Å². The molecule has 2 aromatic rings. The third kappa shape index (κ3) is 3.60. The first kappa shape index (κ1) is 17.7. The fraction of sp³-hybridized carbons (Fsp3) is 0.562. The number of hydrogen-bond acceptors (Lipinski definition) is 4. The fourth-order valence-electron chi connectivity index (χ4n) is 2.86. The number of carbonyl (C=O) groups excluding carboxylic acids is 1. The maximum Gasteiger partial charge on any atom is 0.418 e. The molecule has 0 aromatic carbocycles. The number of nitrogens with one attached hydrogen (secondary N) is 1. The summed E-state index contributed by atoms with van der Waals surface area (Å²) >= 11 is 0. The minimum Gasteiger partial charge on any atom is -0.390 e. The number of carbonyl (C=O) groups is 1. The zero-order valence-electron chi connectivity index (χ0n) is 13.9. The largest absolute Gasteiger partial charge is 0.418 e. The van der Waals surface area contributed by atoms with Crippen LogP contribution >= 0.6 is 0 Å². The Balaban J connectivity index is 2.06. The van der Waals surface area contributed by atoms with Gasteiger partial charge in [0.15, 0.2) is 5.65 Å². The second kappa shape index (κ2) is 5.98. The number of hydrogen-bond donors (Lipinski definition) is 2. The van der Waals surface area contributed by atoms with Gasteiger partial charge in [-0.2, -0.15) is 13.2 Å². The van der Waals surface area contributed by atoms with Gasteiger partial charge in [0.25, 0.3) is 0 Å². The summed E-state index contributed by atoms with van der Waals surface area (Å²) in [6.07, 6.45) is -1.12. The number of aromatic nitrogens is 3. The molecule has 1 fully saturated rings. The van der Waals surface area contributed by atoms with Crippen molar-refractivity contribution in [3.63, 3.8) is 0 Å².